The predicted molar refractivity (Wildman–Crippen MR) is 108 cm³/mol. The minimum atomic E-state index is -0.333. The summed E-state index contributed by atoms with van der Waals surface area (Å²) in [5, 5.41) is 16.6. The Kier molecular flexibility index (Phi) is 7.27. The maximum atomic E-state index is 11.9. The number of halogens is 3. The lowest BCUT2D eigenvalue weighted by molar-refractivity contribution is -0.119. The SMILES string of the molecule is COc1ccc(O)c(C=NNC(=O)CNc2c(Br)cc(Br)cc2Br)c1. The molecule has 0 atom stereocenters. The number of aromatic hydroxyl groups is 1. The third-order valence-corrected chi connectivity index (χ3v) is 4.77. The molecule has 0 radical (unpaired) electrons. The van der Waals surface area contributed by atoms with Gasteiger partial charge < -0.3 is 15.2 Å². The fraction of sp³-hybridized carbons (Fsp3) is 0.125. The second-order valence-electron chi connectivity index (χ2n) is 4.82. The summed E-state index contributed by atoms with van der Waals surface area (Å²) >= 11 is 10.2. The average Bonchev–Trinajstić information content (AvgIpc) is 2.55. The number of hydrogen-bond donors (Lipinski definition) is 3. The maximum Gasteiger partial charge on any atom is 0.259 e. The van der Waals surface area contributed by atoms with Crippen LogP contribution in [0.1, 0.15) is 5.56 Å². The van der Waals surface area contributed by atoms with Crippen LogP contribution in [0.2, 0.25) is 0 Å². The highest BCUT2D eigenvalue weighted by Gasteiger charge is 2.08. The van der Waals surface area contributed by atoms with Crippen molar-refractivity contribution in [3.05, 3.63) is 49.3 Å². The molecule has 2 rings (SSSR count). The van der Waals surface area contributed by atoms with Crippen molar-refractivity contribution in [2.45, 2.75) is 0 Å². The molecule has 3 N–H and O–H groups in total. The molecule has 0 aliphatic heterocycles. The van der Waals surface area contributed by atoms with Crippen LogP contribution in [-0.4, -0.2) is 30.9 Å². The highest BCUT2D eigenvalue weighted by atomic mass is 79.9. The van der Waals surface area contributed by atoms with Crippen molar-refractivity contribution in [1.29, 1.82) is 0 Å². The van der Waals surface area contributed by atoms with E-state index in [0.29, 0.717) is 11.3 Å². The van der Waals surface area contributed by atoms with E-state index in [9.17, 15) is 9.90 Å². The largest absolute Gasteiger partial charge is 0.507 e. The molecule has 0 aromatic heterocycles. The number of hydrazone groups is 1. The number of nitrogens with one attached hydrogen (secondary N) is 2. The van der Waals surface area contributed by atoms with Gasteiger partial charge in [-0.2, -0.15) is 5.10 Å². The predicted octanol–water partition coefficient (Wildman–Crippen LogP) is 4.25. The third kappa shape index (κ3) is 5.72. The van der Waals surface area contributed by atoms with Gasteiger partial charge in [0.1, 0.15) is 11.5 Å². The summed E-state index contributed by atoms with van der Waals surface area (Å²) in [4.78, 5) is 11.9. The molecule has 25 heavy (non-hydrogen) atoms. The molecule has 0 aliphatic carbocycles. The van der Waals surface area contributed by atoms with E-state index in [2.05, 4.69) is 63.6 Å². The van der Waals surface area contributed by atoms with Gasteiger partial charge in [0.15, 0.2) is 0 Å². The first-order valence-electron chi connectivity index (χ1n) is 6.98. The molecule has 132 valence electrons. The summed E-state index contributed by atoms with van der Waals surface area (Å²) in [7, 11) is 1.53. The van der Waals surface area contributed by atoms with Crippen LogP contribution < -0.4 is 15.5 Å². The minimum Gasteiger partial charge on any atom is -0.507 e. The number of carbonyl (C=O) groups is 1. The van der Waals surface area contributed by atoms with Crippen molar-refractivity contribution in [2.75, 3.05) is 19.0 Å². The van der Waals surface area contributed by atoms with Crippen molar-refractivity contribution < 1.29 is 14.6 Å². The second-order valence-corrected chi connectivity index (χ2v) is 7.44. The van der Waals surface area contributed by atoms with Crippen molar-refractivity contribution in [3.63, 3.8) is 0 Å². The highest BCUT2D eigenvalue weighted by Crippen LogP contribution is 2.34. The normalized spacial score (nSPS) is 10.7. The number of hydrogen-bond acceptors (Lipinski definition) is 5. The molecule has 9 heteroatoms. The van der Waals surface area contributed by atoms with Crippen LogP contribution in [0, 0.1) is 0 Å². The van der Waals surface area contributed by atoms with Crippen LogP contribution in [0.3, 0.4) is 0 Å². The number of carbonyl (C=O) groups excluding carboxylic acids is 1. The van der Waals surface area contributed by atoms with Crippen molar-refractivity contribution in [1.82, 2.24) is 5.43 Å². The monoisotopic (exact) mass is 533 g/mol. The van der Waals surface area contributed by atoms with E-state index in [-0.39, 0.29) is 18.2 Å². The number of methoxy groups -OCH3 is 1. The molecule has 0 bridgehead atoms. The van der Waals surface area contributed by atoms with E-state index in [1.165, 1.54) is 19.4 Å². The lowest BCUT2D eigenvalue weighted by atomic mass is 10.2. The number of benzene rings is 2. The van der Waals surface area contributed by atoms with E-state index in [1.54, 1.807) is 12.1 Å². The van der Waals surface area contributed by atoms with Gasteiger partial charge in [-0.25, -0.2) is 5.43 Å². The molecular weight excluding hydrogens is 522 g/mol. The first kappa shape index (κ1) is 19.7. The second kappa shape index (κ2) is 9.21. The van der Waals surface area contributed by atoms with E-state index in [1.807, 2.05) is 12.1 Å². The van der Waals surface area contributed by atoms with Crippen LogP contribution in [-0.2, 0) is 4.79 Å². The zero-order chi connectivity index (χ0) is 18.4. The Bertz CT molecular complexity index is 789. The lowest BCUT2D eigenvalue weighted by Gasteiger charge is -2.10. The Balaban J connectivity index is 1.93. The number of nitrogens with zero attached hydrogens (tertiary/aromatic N) is 1. The van der Waals surface area contributed by atoms with Gasteiger partial charge in [0.25, 0.3) is 5.91 Å². The number of anilines is 1. The smallest absolute Gasteiger partial charge is 0.259 e. The molecular formula is C16H14Br3N3O3. The quantitative estimate of drug-likeness (QED) is 0.381. The van der Waals surface area contributed by atoms with Crippen LogP contribution in [0.4, 0.5) is 5.69 Å². The molecule has 2 aromatic carbocycles. The Labute approximate surface area is 170 Å². The Hall–Kier alpha value is -1.58. The van der Waals surface area contributed by atoms with E-state index in [0.717, 1.165) is 19.1 Å². The Morgan fingerprint density at radius 3 is 2.56 bits per heavy atom. The van der Waals surface area contributed by atoms with Gasteiger partial charge in [-0.1, -0.05) is 15.9 Å². The number of ether oxygens (including phenoxy) is 1. The standard InChI is InChI=1S/C16H14Br3N3O3/c1-25-11-2-3-14(23)9(4-11)7-21-22-15(24)8-20-16-12(18)5-10(17)6-13(16)19/h2-7,20,23H,8H2,1H3,(H,22,24). The number of amides is 1. The van der Waals surface area contributed by atoms with Gasteiger partial charge >= 0.3 is 0 Å². The third-order valence-electron chi connectivity index (χ3n) is 3.06. The summed E-state index contributed by atoms with van der Waals surface area (Å²) < 4.78 is 7.60. The molecule has 0 saturated carbocycles. The van der Waals surface area contributed by atoms with Gasteiger partial charge in [0, 0.05) is 19.0 Å². The molecule has 0 unspecified atom stereocenters. The topological polar surface area (TPSA) is 83.0 Å². The van der Waals surface area contributed by atoms with Crippen LogP contribution in [0.25, 0.3) is 0 Å². The summed E-state index contributed by atoms with van der Waals surface area (Å²) in [6.07, 6.45) is 1.35. The first-order chi connectivity index (χ1) is 11.9. The summed E-state index contributed by atoms with van der Waals surface area (Å²) in [5.41, 5.74) is 3.59. The van der Waals surface area contributed by atoms with Crippen LogP contribution in [0.15, 0.2) is 48.9 Å². The van der Waals surface area contributed by atoms with Crippen LogP contribution in [0.5, 0.6) is 11.5 Å². The minimum absolute atomic E-state index is 0.0280. The summed E-state index contributed by atoms with van der Waals surface area (Å²) in [5.74, 6) is 0.289. The van der Waals surface area contributed by atoms with Crippen LogP contribution >= 0.6 is 47.8 Å². The molecule has 0 fully saturated rings. The van der Waals surface area contributed by atoms with Gasteiger partial charge in [0.05, 0.1) is 25.6 Å². The van der Waals surface area contributed by atoms with E-state index < -0.39 is 0 Å². The lowest BCUT2D eigenvalue weighted by Crippen LogP contribution is -2.26. The molecule has 0 spiro atoms. The zero-order valence-electron chi connectivity index (χ0n) is 13.0. The van der Waals surface area contributed by atoms with Crippen molar-refractivity contribution in [2.24, 2.45) is 5.10 Å². The fourth-order valence-electron chi connectivity index (χ4n) is 1.86. The van der Waals surface area contributed by atoms with Gasteiger partial charge in [0.2, 0.25) is 0 Å². The Morgan fingerprint density at radius 2 is 1.92 bits per heavy atom. The van der Waals surface area contributed by atoms with Gasteiger partial charge in [-0.05, 0) is 62.2 Å². The first-order valence-corrected chi connectivity index (χ1v) is 9.36. The van der Waals surface area contributed by atoms with Gasteiger partial charge in [-0.3, -0.25) is 4.79 Å². The molecule has 0 aliphatic rings. The Morgan fingerprint density at radius 1 is 1.24 bits per heavy atom. The summed E-state index contributed by atoms with van der Waals surface area (Å²) in [6, 6.07) is 8.47. The van der Waals surface area contributed by atoms with E-state index in [4.69, 9.17) is 4.74 Å². The number of phenols is 1. The van der Waals surface area contributed by atoms with E-state index >= 15 is 0 Å². The number of rotatable bonds is 6. The fourth-order valence-corrected chi connectivity index (χ4v) is 4.40. The molecule has 0 heterocycles. The number of phenolic OH excluding ortho intramolecular Hbond substituents is 1. The zero-order valence-corrected chi connectivity index (χ0v) is 17.8. The van der Waals surface area contributed by atoms with Crippen molar-refractivity contribution in [3.8, 4) is 11.5 Å². The maximum absolute atomic E-state index is 11.9. The average molecular weight is 536 g/mol. The molecule has 6 nitrogen and oxygen atoms in total. The summed E-state index contributed by atoms with van der Waals surface area (Å²) in [6.45, 7) is 0.0280. The molecule has 2 aromatic rings. The molecule has 0 saturated heterocycles. The molecule has 1 amide bonds. The van der Waals surface area contributed by atoms with Crippen molar-refractivity contribution >= 4 is 65.6 Å². The van der Waals surface area contributed by atoms with Gasteiger partial charge in [-0.15, -0.1) is 0 Å². The highest BCUT2D eigenvalue weighted by molar-refractivity contribution is 9.11.